The van der Waals surface area contributed by atoms with Crippen molar-refractivity contribution in [3.8, 4) is 0 Å². The van der Waals surface area contributed by atoms with Crippen molar-refractivity contribution < 1.29 is 13.2 Å². The highest BCUT2D eigenvalue weighted by Gasteiger charge is 2.33. The third-order valence-electron chi connectivity index (χ3n) is 4.41. The maximum Gasteiger partial charge on any atom is 0.401 e. The van der Waals surface area contributed by atoms with Crippen LogP contribution >= 0.6 is 0 Å². The summed E-state index contributed by atoms with van der Waals surface area (Å²) in [5.41, 5.74) is 10.3. The van der Waals surface area contributed by atoms with Gasteiger partial charge in [0.05, 0.1) is 6.54 Å². The molecule has 1 aromatic heterocycles. The summed E-state index contributed by atoms with van der Waals surface area (Å²) in [6.45, 7) is -0.315. The van der Waals surface area contributed by atoms with Gasteiger partial charge < -0.3 is 16.5 Å². The number of anilines is 1. The first-order valence-corrected chi connectivity index (χ1v) is 8.60. The second-order valence-electron chi connectivity index (χ2n) is 6.45. The zero-order valence-corrected chi connectivity index (χ0v) is 15.0. The van der Waals surface area contributed by atoms with E-state index in [4.69, 9.17) is 11.1 Å². The quantitative estimate of drug-likeness (QED) is 0.655. The number of rotatable bonds is 6. The van der Waals surface area contributed by atoms with E-state index in [0.29, 0.717) is 12.1 Å². The van der Waals surface area contributed by atoms with Crippen molar-refractivity contribution in [1.82, 2.24) is 9.88 Å². The summed E-state index contributed by atoms with van der Waals surface area (Å²) in [5.74, 6) is 0. The Bertz CT molecular complexity index is 918. The molecule has 0 bridgehead atoms. The zero-order chi connectivity index (χ0) is 20.1. The van der Waals surface area contributed by atoms with E-state index >= 15 is 0 Å². The van der Waals surface area contributed by atoms with Gasteiger partial charge in [-0.15, -0.1) is 0 Å². The zero-order valence-electron chi connectivity index (χ0n) is 15.0. The van der Waals surface area contributed by atoms with Gasteiger partial charge >= 0.3 is 6.18 Å². The summed E-state index contributed by atoms with van der Waals surface area (Å²) in [7, 11) is 0. The van der Waals surface area contributed by atoms with Gasteiger partial charge in [0, 0.05) is 60.9 Å². The molecule has 8 heteroatoms. The van der Waals surface area contributed by atoms with Crippen molar-refractivity contribution in [3.05, 3.63) is 71.3 Å². The van der Waals surface area contributed by atoms with Gasteiger partial charge in [0.2, 0.25) is 0 Å². The molecule has 0 unspecified atom stereocenters. The van der Waals surface area contributed by atoms with Crippen LogP contribution in [0.1, 0.15) is 22.3 Å². The van der Waals surface area contributed by atoms with E-state index in [0.717, 1.165) is 27.9 Å². The number of hydrogen-bond donors (Lipinski definition) is 3. The Morgan fingerprint density at radius 3 is 2.75 bits per heavy atom. The minimum absolute atomic E-state index is 0.283. The van der Waals surface area contributed by atoms with Crippen LogP contribution in [0.15, 0.2) is 49.1 Å². The highest BCUT2D eigenvalue weighted by molar-refractivity contribution is 6.09. The first-order chi connectivity index (χ1) is 13.4. The molecule has 0 spiro atoms. The molecule has 3 rings (SSSR count). The van der Waals surface area contributed by atoms with E-state index in [2.05, 4.69) is 10.3 Å². The van der Waals surface area contributed by atoms with Gasteiger partial charge in [0.25, 0.3) is 0 Å². The summed E-state index contributed by atoms with van der Waals surface area (Å²) < 4.78 is 37.8. The molecule has 146 valence electrons. The fraction of sp³-hybridized carbons (Fsp3) is 0.200. The molecule has 0 amide bonds. The second kappa shape index (κ2) is 8.26. The topological polar surface area (TPSA) is 78.0 Å². The Morgan fingerprint density at radius 2 is 2.04 bits per heavy atom. The van der Waals surface area contributed by atoms with Crippen LogP contribution in [0.5, 0.6) is 0 Å². The molecule has 28 heavy (non-hydrogen) atoms. The summed E-state index contributed by atoms with van der Waals surface area (Å²) in [5, 5.41) is 10.6. The number of halogens is 3. The van der Waals surface area contributed by atoms with Crippen LogP contribution < -0.4 is 11.1 Å². The number of aromatic nitrogens is 1. The number of nitrogens with two attached hydrogens (primary N) is 1. The van der Waals surface area contributed by atoms with Gasteiger partial charge in [-0.1, -0.05) is 6.07 Å². The van der Waals surface area contributed by atoms with Crippen LogP contribution in [0.25, 0.3) is 11.6 Å². The highest BCUT2D eigenvalue weighted by atomic mass is 19.4. The van der Waals surface area contributed by atoms with Crippen LogP contribution in [-0.4, -0.2) is 28.8 Å². The lowest BCUT2D eigenvalue weighted by molar-refractivity contribution is -0.146. The van der Waals surface area contributed by atoms with E-state index in [1.807, 2.05) is 18.2 Å². The molecule has 4 N–H and O–H groups in total. The number of hydrogen-bond acceptors (Lipinski definition) is 5. The van der Waals surface area contributed by atoms with Crippen molar-refractivity contribution in [2.75, 3.05) is 11.9 Å². The van der Waals surface area contributed by atoms with E-state index in [9.17, 15) is 13.2 Å². The van der Waals surface area contributed by atoms with Gasteiger partial charge in [0.1, 0.15) is 0 Å². The predicted molar refractivity (Wildman–Crippen MR) is 104 cm³/mol. The van der Waals surface area contributed by atoms with E-state index in [1.165, 1.54) is 17.3 Å². The first kappa shape index (κ1) is 19.6. The normalized spacial score (nSPS) is 15.0. The smallest absolute Gasteiger partial charge is 0.401 e. The number of fused-ring (bicyclic) bond motifs is 1. The van der Waals surface area contributed by atoms with Crippen LogP contribution in [0.3, 0.4) is 0 Å². The number of alkyl halides is 3. The Hall–Kier alpha value is -3.13. The van der Waals surface area contributed by atoms with E-state index < -0.39 is 12.7 Å². The van der Waals surface area contributed by atoms with Crippen LogP contribution in [0.2, 0.25) is 0 Å². The molecule has 1 aromatic carbocycles. The Kier molecular flexibility index (Phi) is 5.79. The minimum atomic E-state index is -4.19. The van der Waals surface area contributed by atoms with Gasteiger partial charge in [-0.2, -0.15) is 13.2 Å². The minimum Gasteiger partial charge on any atom is -0.404 e. The van der Waals surface area contributed by atoms with Crippen LogP contribution in [0.4, 0.5) is 18.9 Å². The van der Waals surface area contributed by atoms with Gasteiger partial charge in [0.15, 0.2) is 0 Å². The lowest BCUT2D eigenvalue weighted by Gasteiger charge is -2.16. The van der Waals surface area contributed by atoms with Gasteiger partial charge in [-0.25, -0.2) is 0 Å². The fourth-order valence-corrected chi connectivity index (χ4v) is 3.17. The van der Waals surface area contributed by atoms with Crippen molar-refractivity contribution >= 4 is 23.6 Å². The lowest BCUT2D eigenvalue weighted by atomic mass is 10.0. The summed E-state index contributed by atoms with van der Waals surface area (Å²) in [6, 6.07) is 7.33. The van der Waals surface area contributed by atoms with E-state index in [1.54, 1.807) is 30.7 Å². The third-order valence-corrected chi connectivity index (χ3v) is 4.41. The van der Waals surface area contributed by atoms with Crippen LogP contribution in [-0.2, 0) is 13.1 Å². The number of allylic oxidation sites excluding steroid dienone is 1. The average molecular weight is 387 g/mol. The van der Waals surface area contributed by atoms with Gasteiger partial charge in [-0.3, -0.25) is 9.88 Å². The van der Waals surface area contributed by atoms with Crippen molar-refractivity contribution in [3.63, 3.8) is 0 Å². The third kappa shape index (κ3) is 4.77. The number of nitrogens with zero attached hydrogens (tertiary/aromatic N) is 2. The molecular formula is C20H20F3N5. The molecule has 5 nitrogen and oxygen atoms in total. The molecule has 0 saturated heterocycles. The number of benzene rings is 1. The summed E-state index contributed by atoms with van der Waals surface area (Å²) in [6.07, 6.45) is 5.16. The summed E-state index contributed by atoms with van der Waals surface area (Å²) >= 11 is 0. The molecule has 0 aliphatic carbocycles. The van der Waals surface area contributed by atoms with Crippen molar-refractivity contribution in [2.24, 2.45) is 5.73 Å². The molecule has 0 saturated carbocycles. The van der Waals surface area contributed by atoms with Crippen molar-refractivity contribution in [2.45, 2.75) is 19.3 Å². The molecule has 0 fully saturated rings. The molecule has 2 heterocycles. The SMILES string of the molecule is N=CC(=CN)c1ccncc1/C=C/Nc1ccc2c(c1)CN(CC(F)(F)F)C2. The molecule has 1 aliphatic rings. The van der Waals surface area contributed by atoms with Crippen LogP contribution in [0, 0.1) is 5.41 Å². The Labute approximate surface area is 160 Å². The molecule has 0 atom stereocenters. The lowest BCUT2D eigenvalue weighted by Crippen LogP contribution is -2.29. The Balaban J connectivity index is 1.69. The molecule has 1 aliphatic heterocycles. The summed E-state index contributed by atoms with van der Waals surface area (Å²) in [4.78, 5) is 5.47. The van der Waals surface area contributed by atoms with Crippen molar-refractivity contribution in [1.29, 1.82) is 5.41 Å². The highest BCUT2D eigenvalue weighted by Crippen LogP contribution is 2.28. The maximum absolute atomic E-state index is 12.6. The number of nitrogens with one attached hydrogen (secondary N) is 2. The maximum atomic E-state index is 12.6. The first-order valence-electron chi connectivity index (χ1n) is 8.60. The largest absolute Gasteiger partial charge is 0.404 e. The Morgan fingerprint density at radius 1 is 1.25 bits per heavy atom. The monoisotopic (exact) mass is 387 g/mol. The fourth-order valence-electron chi connectivity index (χ4n) is 3.17. The second-order valence-corrected chi connectivity index (χ2v) is 6.45. The molecule has 2 aromatic rings. The standard InChI is InChI=1S/C20H20F3N5/c21-20(22,23)13-28-11-15-1-2-18(7-16(15)12-28)27-6-3-14-10-26-5-4-19(14)17(8-24)9-25/h1-10,24,27H,11-13,25H2/b6-3+,17-9?,24-8?. The molecule has 0 radical (unpaired) electrons. The van der Waals surface area contributed by atoms with Gasteiger partial charge in [-0.05, 0) is 41.0 Å². The predicted octanol–water partition coefficient (Wildman–Crippen LogP) is 3.99. The average Bonchev–Trinajstić information content (AvgIpc) is 3.03. The number of pyridine rings is 1. The van der Waals surface area contributed by atoms with E-state index in [-0.39, 0.29) is 6.54 Å². The molecular weight excluding hydrogens is 367 g/mol.